The van der Waals surface area contributed by atoms with Crippen LogP contribution in [-0.2, 0) is 4.74 Å². The highest BCUT2D eigenvalue weighted by atomic mass is 32.1. The van der Waals surface area contributed by atoms with Gasteiger partial charge in [0.25, 0.3) is 0 Å². The number of thiazole rings is 1. The number of aromatic nitrogens is 3. The second kappa shape index (κ2) is 9.93. The first-order valence-corrected chi connectivity index (χ1v) is 14.4. The minimum atomic E-state index is -0.578. The van der Waals surface area contributed by atoms with Crippen LogP contribution in [0.1, 0.15) is 26.2 Å². The van der Waals surface area contributed by atoms with E-state index in [1.165, 1.54) is 12.1 Å². The summed E-state index contributed by atoms with van der Waals surface area (Å²) >= 11 is 1.03. The van der Waals surface area contributed by atoms with Crippen LogP contribution in [0, 0.1) is 11.6 Å². The van der Waals surface area contributed by atoms with Crippen LogP contribution in [-0.4, -0.2) is 78.0 Å². The normalized spacial score (nSPS) is 22.1. The van der Waals surface area contributed by atoms with Crippen LogP contribution in [0.5, 0.6) is 11.8 Å². The molecule has 0 spiro atoms. The van der Waals surface area contributed by atoms with Crippen LogP contribution in [0.25, 0.3) is 32.2 Å². The van der Waals surface area contributed by atoms with Gasteiger partial charge in [0.05, 0.1) is 34.8 Å². The standard InChI is InChI=1S/C28H30F2N6O3S/c1-14(19-4-3-8-35(19)2)39-28-33-24-21-20(38-11-9-36(26(21)34-28)15-7-10-37-13-15)12-17(22(24)30)16-5-6-18(29)25-23(16)32-27(31)40-25/h5-6,12,14-15,19H,3-4,7-11,13H2,1-2H3,(H2,31,32)/t14-,15?,19?/m0/s1. The molecule has 4 aromatic rings. The van der Waals surface area contributed by atoms with Crippen molar-refractivity contribution in [1.82, 2.24) is 19.9 Å². The number of anilines is 2. The van der Waals surface area contributed by atoms with Crippen LogP contribution in [0.2, 0.25) is 0 Å². The Kier molecular flexibility index (Phi) is 6.36. The van der Waals surface area contributed by atoms with Crippen molar-refractivity contribution >= 4 is 43.4 Å². The highest BCUT2D eigenvalue weighted by Gasteiger charge is 2.34. The number of nitrogens with zero attached hydrogens (tertiary/aromatic N) is 5. The van der Waals surface area contributed by atoms with Gasteiger partial charge >= 0.3 is 6.01 Å². The molecule has 2 fully saturated rings. The van der Waals surface area contributed by atoms with Crippen molar-refractivity contribution in [2.45, 2.75) is 44.4 Å². The molecule has 2 aromatic carbocycles. The number of hydrogen-bond donors (Lipinski definition) is 1. The molecule has 0 amide bonds. The maximum absolute atomic E-state index is 16.6. The molecule has 40 heavy (non-hydrogen) atoms. The first kappa shape index (κ1) is 25.6. The Morgan fingerprint density at radius 2 is 1.98 bits per heavy atom. The van der Waals surface area contributed by atoms with Crippen LogP contribution in [0.4, 0.5) is 19.7 Å². The van der Waals surface area contributed by atoms with E-state index in [1.54, 1.807) is 6.07 Å². The molecule has 210 valence electrons. The lowest BCUT2D eigenvalue weighted by molar-refractivity contribution is 0.112. The molecule has 0 bridgehead atoms. The SMILES string of the molecule is C[C@H](Oc1nc2c3c(cc(-c4ccc(F)c5sc(N)nc45)c(F)c3n1)OCCN2C1CCOC1)C1CCCN1C. The van der Waals surface area contributed by atoms with Crippen molar-refractivity contribution in [3.8, 4) is 22.9 Å². The highest BCUT2D eigenvalue weighted by Crippen LogP contribution is 2.44. The van der Waals surface area contributed by atoms with E-state index in [9.17, 15) is 4.39 Å². The monoisotopic (exact) mass is 568 g/mol. The number of rotatable bonds is 5. The summed E-state index contributed by atoms with van der Waals surface area (Å²) < 4.78 is 49.7. The molecule has 2 unspecified atom stereocenters. The zero-order chi connectivity index (χ0) is 27.5. The van der Waals surface area contributed by atoms with E-state index in [4.69, 9.17) is 24.9 Å². The van der Waals surface area contributed by atoms with Gasteiger partial charge in [-0.2, -0.15) is 9.97 Å². The third-order valence-electron chi connectivity index (χ3n) is 8.26. The number of hydrogen-bond acceptors (Lipinski definition) is 10. The molecule has 2 N–H and O–H groups in total. The zero-order valence-electron chi connectivity index (χ0n) is 22.3. The van der Waals surface area contributed by atoms with Crippen LogP contribution in [0.15, 0.2) is 18.2 Å². The molecule has 12 heteroatoms. The maximum Gasteiger partial charge on any atom is 0.319 e. The molecule has 3 aliphatic rings. The van der Waals surface area contributed by atoms with Crippen LogP contribution < -0.4 is 20.1 Å². The topological polar surface area (TPSA) is 98.9 Å². The fourth-order valence-corrected chi connectivity index (χ4v) is 7.01. The molecule has 0 aliphatic carbocycles. The second-order valence-corrected chi connectivity index (χ2v) is 11.7. The lowest BCUT2D eigenvalue weighted by Crippen LogP contribution is -2.39. The smallest absolute Gasteiger partial charge is 0.319 e. The summed E-state index contributed by atoms with van der Waals surface area (Å²) in [6, 6.07) is 4.87. The summed E-state index contributed by atoms with van der Waals surface area (Å²) in [6.07, 6.45) is 2.75. The lowest BCUT2D eigenvalue weighted by atomic mass is 10.0. The van der Waals surface area contributed by atoms with Crippen molar-refractivity contribution in [2.75, 3.05) is 50.6 Å². The Morgan fingerprint density at radius 3 is 2.75 bits per heavy atom. The molecule has 0 radical (unpaired) electrons. The van der Waals surface area contributed by atoms with Gasteiger partial charge in [0.2, 0.25) is 0 Å². The fourth-order valence-electron chi connectivity index (χ4n) is 6.25. The number of ether oxygens (including phenoxy) is 3. The Balaban J connectivity index is 1.43. The highest BCUT2D eigenvalue weighted by molar-refractivity contribution is 7.22. The third kappa shape index (κ3) is 4.20. The summed E-state index contributed by atoms with van der Waals surface area (Å²) in [4.78, 5) is 18.2. The van der Waals surface area contributed by atoms with Crippen molar-refractivity contribution in [3.05, 3.63) is 29.8 Å². The predicted molar refractivity (Wildman–Crippen MR) is 150 cm³/mol. The lowest BCUT2D eigenvalue weighted by Gasteiger charge is -2.29. The van der Waals surface area contributed by atoms with Gasteiger partial charge in [0.1, 0.15) is 35.6 Å². The average Bonchev–Trinajstić information content (AvgIpc) is 3.68. The second-order valence-electron chi connectivity index (χ2n) is 10.7. The van der Waals surface area contributed by atoms with Crippen LogP contribution in [0.3, 0.4) is 0 Å². The first-order chi connectivity index (χ1) is 19.4. The zero-order valence-corrected chi connectivity index (χ0v) is 23.1. The molecule has 7 rings (SSSR count). The van der Waals surface area contributed by atoms with E-state index in [0.717, 1.165) is 37.1 Å². The molecular formula is C28H30F2N6O3S. The molecule has 3 aliphatic heterocycles. The number of fused-ring (bicyclic) bond motifs is 1. The number of benzene rings is 2. The van der Waals surface area contributed by atoms with Gasteiger partial charge < -0.3 is 24.8 Å². The van der Waals surface area contributed by atoms with E-state index in [1.807, 2.05) is 6.92 Å². The summed E-state index contributed by atoms with van der Waals surface area (Å²) in [5.41, 5.74) is 6.92. The van der Waals surface area contributed by atoms with Crippen molar-refractivity contribution in [3.63, 3.8) is 0 Å². The summed E-state index contributed by atoms with van der Waals surface area (Å²) in [7, 11) is 2.08. The Labute approximate surface area is 233 Å². The third-order valence-corrected chi connectivity index (χ3v) is 9.15. The molecular weight excluding hydrogens is 538 g/mol. The minimum absolute atomic E-state index is 0.0799. The number of halogens is 2. The predicted octanol–water partition coefficient (Wildman–Crippen LogP) is 4.62. The summed E-state index contributed by atoms with van der Waals surface area (Å²) in [6.45, 7) is 5.14. The molecule has 3 atom stereocenters. The van der Waals surface area contributed by atoms with Gasteiger partial charge in [-0.25, -0.2) is 13.8 Å². The quantitative estimate of drug-likeness (QED) is 0.370. The first-order valence-electron chi connectivity index (χ1n) is 13.6. The van der Waals surface area contributed by atoms with E-state index in [0.29, 0.717) is 54.4 Å². The summed E-state index contributed by atoms with van der Waals surface area (Å²) in [5, 5.41) is 0.692. The number of likely N-dealkylation sites (N-methyl/N-ethyl adjacent to an activating group) is 1. The fraction of sp³-hybridized carbons (Fsp3) is 0.464. The number of nitrogen functional groups attached to an aromatic ring is 1. The Hall–Kier alpha value is -3.35. The van der Waals surface area contributed by atoms with Crippen molar-refractivity contribution < 1.29 is 23.0 Å². The molecule has 2 saturated heterocycles. The van der Waals surface area contributed by atoms with E-state index in [-0.39, 0.29) is 45.1 Å². The largest absolute Gasteiger partial charge is 0.491 e. The Morgan fingerprint density at radius 1 is 1.10 bits per heavy atom. The van der Waals surface area contributed by atoms with Crippen molar-refractivity contribution in [2.24, 2.45) is 0 Å². The van der Waals surface area contributed by atoms with Gasteiger partial charge in [-0.1, -0.05) is 11.3 Å². The minimum Gasteiger partial charge on any atom is -0.491 e. The van der Waals surface area contributed by atoms with E-state index >= 15 is 4.39 Å². The number of nitrogens with two attached hydrogens (primary N) is 1. The van der Waals surface area contributed by atoms with Crippen LogP contribution >= 0.6 is 11.3 Å². The molecule has 5 heterocycles. The average molecular weight is 569 g/mol. The van der Waals surface area contributed by atoms with Gasteiger partial charge in [-0.05, 0) is 58.0 Å². The maximum atomic E-state index is 16.6. The van der Waals surface area contributed by atoms with Gasteiger partial charge in [-0.15, -0.1) is 0 Å². The summed E-state index contributed by atoms with van der Waals surface area (Å²) in [5.74, 6) is -0.00387. The van der Waals surface area contributed by atoms with E-state index < -0.39 is 11.6 Å². The molecule has 2 aromatic heterocycles. The molecule has 0 saturated carbocycles. The van der Waals surface area contributed by atoms with E-state index in [2.05, 4.69) is 26.8 Å². The van der Waals surface area contributed by atoms with Gasteiger partial charge in [-0.3, -0.25) is 4.90 Å². The van der Waals surface area contributed by atoms with Gasteiger partial charge in [0, 0.05) is 23.8 Å². The molecule has 9 nitrogen and oxygen atoms in total. The van der Waals surface area contributed by atoms with Crippen molar-refractivity contribution in [1.29, 1.82) is 0 Å². The van der Waals surface area contributed by atoms with Gasteiger partial charge in [0.15, 0.2) is 10.9 Å². The number of likely N-dealkylation sites (tertiary alicyclic amines) is 1. The Bertz CT molecular complexity index is 1610.